The Hall–Kier alpha value is -0.710. The fourth-order valence-electron chi connectivity index (χ4n) is 1.90. The van der Waals surface area contributed by atoms with Crippen molar-refractivity contribution in [1.29, 1.82) is 0 Å². The zero-order valence-corrected chi connectivity index (χ0v) is 10.3. The normalized spacial score (nSPS) is 24.6. The standard InChI is InChI=1S/C11H17NO3S/c1-15-10(13)7-16-9-4-5-12(6-9)11(14)8-2-3-8/h8-9H,2-7H2,1H3. The van der Waals surface area contributed by atoms with Gasteiger partial charge in [0.1, 0.15) is 0 Å². The highest BCUT2D eigenvalue weighted by molar-refractivity contribution is 8.00. The van der Waals surface area contributed by atoms with E-state index < -0.39 is 0 Å². The first-order valence-corrected chi connectivity index (χ1v) is 6.73. The maximum atomic E-state index is 11.8. The molecular weight excluding hydrogens is 226 g/mol. The third-order valence-corrected chi connectivity index (χ3v) is 4.31. The van der Waals surface area contributed by atoms with Gasteiger partial charge in [0, 0.05) is 24.3 Å². The molecule has 0 aromatic carbocycles. The zero-order chi connectivity index (χ0) is 11.5. The van der Waals surface area contributed by atoms with Crippen molar-refractivity contribution >= 4 is 23.6 Å². The molecule has 0 bridgehead atoms. The minimum absolute atomic E-state index is 0.183. The molecule has 1 atom stereocenters. The highest BCUT2D eigenvalue weighted by Crippen LogP contribution is 2.33. The van der Waals surface area contributed by atoms with E-state index in [0.717, 1.165) is 32.4 Å². The van der Waals surface area contributed by atoms with Crippen LogP contribution >= 0.6 is 11.8 Å². The van der Waals surface area contributed by atoms with Gasteiger partial charge in [-0.15, -0.1) is 11.8 Å². The smallest absolute Gasteiger partial charge is 0.315 e. The number of likely N-dealkylation sites (tertiary alicyclic amines) is 1. The molecule has 1 saturated heterocycles. The number of thioether (sulfide) groups is 1. The summed E-state index contributed by atoms with van der Waals surface area (Å²) in [7, 11) is 1.40. The molecule has 0 spiro atoms. The van der Waals surface area contributed by atoms with Crippen molar-refractivity contribution in [2.45, 2.75) is 24.5 Å². The number of carbonyl (C=O) groups excluding carboxylic acids is 2. The molecule has 1 aliphatic heterocycles. The molecule has 1 saturated carbocycles. The largest absolute Gasteiger partial charge is 0.468 e. The Balaban J connectivity index is 1.70. The predicted octanol–water partition coefficient (Wildman–Crippen LogP) is 0.903. The molecule has 1 amide bonds. The van der Waals surface area contributed by atoms with Crippen molar-refractivity contribution in [3.8, 4) is 0 Å². The molecular formula is C11H17NO3S. The van der Waals surface area contributed by atoms with E-state index in [1.54, 1.807) is 11.8 Å². The van der Waals surface area contributed by atoms with E-state index in [0.29, 0.717) is 22.8 Å². The van der Waals surface area contributed by atoms with Gasteiger partial charge in [-0.1, -0.05) is 0 Å². The molecule has 5 heteroatoms. The van der Waals surface area contributed by atoms with E-state index in [-0.39, 0.29) is 5.97 Å². The third-order valence-electron chi connectivity index (χ3n) is 3.05. The van der Waals surface area contributed by atoms with Gasteiger partial charge < -0.3 is 9.64 Å². The van der Waals surface area contributed by atoms with Gasteiger partial charge >= 0.3 is 5.97 Å². The molecule has 0 aromatic rings. The fraction of sp³-hybridized carbons (Fsp3) is 0.818. The molecule has 2 aliphatic rings. The first-order chi connectivity index (χ1) is 7.70. The lowest BCUT2D eigenvalue weighted by Crippen LogP contribution is -2.30. The fourth-order valence-corrected chi connectivity index (χ4v) is 2.94. The second-order valence-corrected chi connectivity index (χ2v) is 5.65. The Morgan fingerprint density at radius 1 is 1.38 bits per heavy atom. The lowest BCUT2D eigenvalue weighted by Gasteiger charge is -2.15. The summed E-state index contributed by atoms with van der Waals surface area (Å²) >= 11 is 1.60. The van der Waals surface area contributed by atoms with E-state index in [2.05, 4.69) is 4.74 Å². The van der Waals surface area contributed by atoms with Crippen molar-refractivity contribution in [3.05, 3.63) is 0 Å². The second-order valence-electron chi connectivity index (χ2n) is 4.36. The predicted molar refractivity (Wildman–Crippen MR) is 62.2 cm³/mol. The van der Waals surface area contributed by atoms with E-state index in [9.17, 15) is 9.59 Å². The van der Waals surface area contributed by atoms with Crippen LogP contribution in [-0.2, 0) is 14.3 Å². The SMILES string of the molecule is COC(=O)CSC1CCN(C(=O)C2CC2)C1. The number of esters is 1. The number of ether oxygens (including phenoxy) is 1. The highest BCUT2D eigenvalue weighted by atomic mass is 32.2. The molecule has 4 nitrogen and oxygen atoms in total. The van der Waals surface area contributed by atoms with Crippen LogP contribution in [0, 0.1) is 5.92 Å². The maximum absolute atomic E-state index is 11.8. The van der Waals surface area contributed by atoms with Gasteiger partial charge in [-0.3, -0.25) is 9.59 Å². The number of hydrogen-bond donors (Lipinski definition) is 0. The summed E-state index contributed by atoms with van der Waals surface area (Å²) in [5.41, 5.74) is 0. The van der Waals surface area contributed by atoms with Gasteiger partial charge in [0.25, 0.3) is 0 Å². The first kappa shape index (κ1) is 11.8. The van der Waals surface area contributed by atoms with Crippen LogP contribution in [0.25, 0.3) is 0 Å². The summed E-state index contributed by atoms with van der Waals surface area (Å²) in [6, 6.07) is 0. The minimum Gasteiger partial charge on any atom is -0.468 e. The molecule has 16 heavy (non-hydrogen) atoms. The van der Waals surface area contributed by atoms with Gasteiger partial charge in [0.15, 0.2) is 0 Å². The average molecular weight is 243 g/mol. The van der Waals surface area contributed by atoms with Crippen LogP contribution in [0.3, 0.4) is 0 Å². The molecule has 90 valence electrons. The van der Waals surface area contributed by atoms with Crippen LogP contribution in [0.15, 0.2) is 0 Å². The molecule has 2 fully saturated rings. The molecule has 1 heterocycles. The Kier molecular flexibility index (Phi) is 3.74. The lowest BCUT2D eigenvalue weighted by atomic mass is 10.3. The molecule has 1 unspecified atom stereocenters. The summed E-state index contributed by atoms with van der Waals surface area (Å²) in [4.78, 5) is 24.7. The Morgan fingerprint density at radius 2 is 2.12 bits per heavy atom. The Morgan fingerprint density at radius 3 is 2.75 bits per heavy atom. The van der Waals surface area contributed by atoms with E-state index in [4.69, 9.17) is 0 Å². The van der Waals surface area contributed by atoms with Gasteiger partial charge in [-0.25, -0.2) is 0 Å². The number of nitrogens with zero attached hydrogens (tertiary/aromatic N) is 1. The van der Waals surface area contributed by atoms with E-state index >= 15 is 0 Å². The zero-order valence-electron chi connectivity index (χ0n) is 9.48. The molecule has 1 aliphatic carbocycles. The van der Waals surface area contributed by atoms with Crippen molar-refractivity contribution in [1.82, 2.24) is 4.90 Å². The van der Waals surface area contributed by atoms with Crippen LogP contribution in [0.4, 0.5) is 0 Å². The Labute approximate surface area is 99.7 Å². The number of carbonyl (C=O) groups is 2. The number of methoxy groups -OCH3 is 1. The monoisotopic (exact) mass is 243 g/mol. The number of hydrogen-bond acceptors (Lipinski definition) is 4. The summed E-state index contributed by atoms with van der Waals surface area (Å²) in [6.45, 7) is 1.66. The van der Waals surface area contributed by atoms with Gasteiger partial charge in [-0.05, 0) is 19.3 Å². The minimum atomic E-state index is -0.183. The van der Waals surface area contributed by atoms with Crippen LogP contribution in [0.1, 0.15) is 19.3 Å². The summed E-state index contributed by atoms with van der Waals surface area (Å²) in [5.74, 6) is 0.842. The van der Waals surface area contributed by atoms with E-state index in [1.807, 2.05) is 4.90 Å². The van der Waals surface area contributed by atoms with Gasteiger partial charge in [0.2, 0.25) is 5.91 Å². The van der Waals surface area contributed by atoms with Gasteiger partial charge in [-0.2, -0.15) is 0 Å². The van der Waals surface area contributed by atoms with Crippen LogP contribution < -0.4 is 0 Å². The molecule has 2 rings (SSSR count). The first-order valence-electron chi connectivity index (χ1n) is 5.68. The van der Waals surface area contributed by atoms with Crippen LogP contribution in [0.2, 0.25) is 0 Å². The van der Waals surface area contributed by atoms with Crippen molar-refractivity contribution < 1.29 is 14.3 Å². The number of amides is 1. The van der Waals surface area contributed by atoms with Crippen molar-refractivity contribution in [3.63, 3.8) is 0 Å². The second kappa shape index (κ2) is 5.08. The number of rotatable bonds is 4. The van der Waals surface area contributed by atoms with Gasteiger partial charge in [0.05, 0.1) is 12.9 Å². The summed E-state index contributed by atoms with van der Waals surface area (Å²) in [6.07, 6.45) is 3.13. The molecule has 0 radical (unpaired) electrons. The molecule has 0 N–H and O–H groups in total. The molecule has 0 aromatic heterocycles. The van der Waals surface area contributed by atoms with Crippen molar-refractivity contribution in [2.24, 2.45) is 5.92 Å². The average Bonchev–Trinajstić information content (AvgIpc) is 3.04. The maximum Gasteiger partial charge on any atom is 0.315 e. The summed E-state index contributed by atoms with van der Waals surface area (Å²) < 4.78 is 4.59. The summed E-state index contributed by atoms with van der Waals surface area (Å²) in [5, 5.41) is 0.404. The highest BCUT2D eigenvalue weighted by Gasteiger charge is 2.36. The quantitative estimate of drug-likeness (QED) is 0.688. The van der Waals surface area contributed by atoms with Crippen LogP contribution in [0.5, 0.6) is 0 Å². The van der Waals surface area contributed by atoms with Crippen LogP contribution in [-0.4, -0.2) is 48.0 Å². The van der Waals surface area contributed by atoms with E-state index in [1.165, 1.54) is 7.11 Å². The topological polar surface area (TPSA) is 46.6 Å². The Bertz CT molecular complexity index is 291. The third kappa shape index (κ3) is 2.90. The lowest BCUT2D eigenvalue weighted by molar-refractivity contribution is -0.137. The van der Waals surface area contributed by atoms with Crippen molar-refractivity contribution in [2.75, 3.05) is 26.0 Å².